The number of fused-ring (bicyclic) bond motifs is 1. The van der Waals surface area contributed by atoms with Crippen LogP contribution in [0.2, 0.25) is 0 Å². The predicted molar refractivity (Wildman–Crippen MR) is 71.1 cm³/mol. The van der Waals surface area contributed by atoms with Crippen LogP contribution in [0.15, 0.2) is 0 Å². The number of hydrogen-bond donors (Lipinski definition) is 2. The van der Waals surface area contributed by atoms with E-state index in [1.165, 1.54) is 38.8 Å². The molecule has 0 amide bonds. The Labute approximate surface area is 106 Å². The number of hydrogen-bond acceptors (Lipinski definition) is 3. The van der Waals surface area contributed by atoms with Crippen molar-refractivity contribution in [2.75, 3.05) is 19.7 Å². The van der Waals surface area contributed by atoms with Crippen molar-refractivity contribution in [2.24, 2.45) is 5.92 Å². The fourth-order valence-electron chi connectivity index (χ4n) is 3.46. The number of rotatable bonds is 5. The molecule has 2 heterocycles. The summed E-state index contributed by atoms with van der Waals surface area (Å²) < 4.78 is 0. The molecule has 2 fully saturated rings. The molecule has 0 aromatic heterocycles. The standard InChI is InChI=1S/C14H28N2O/c1-11(2)12(7-10-17)15-13-6-9-16-8-4-3-5-14(13)16/h11-15,17H,3-10H2,1-2H3. The summed E-state index contributed by atoms with van der Waals surface area (Å²) in [6.45, 7) is 7.38. The lowest BCUT2D eigenvalue weighted by molar-refractivity contribution is 0.166. The van der Waals surface area contributed by atoms with Crippen LogP contribution < -0.4 is 5.32 Å². The van der Waals surface area contributed by atoms with Crippen molar-refractivity contribution in [2.45, 2.75) is 64.1 Å². The first-order chi connectivity index (χ1) is 8.22. The van der Waals surface area contributed by atoms with E-state index in [9.17, 15) is 0 Å². The lowest BCUT2D eigenvalue weighted by Crippen LogP contribution is -2.49. The maximum absolute atomic E-state index is 9.14. The van der Waals surface area contributed by atoms with Gasteiger partial charge in [0, 0.05) is 31.3 Å². The topological polar surface area (TPSA) is 35.5 Å². The van der Waals surface area contributed by atoms with E-state index in [1.54, 1.807) is 0 Å². The summed E-state index contributed by atoms with van der Waals surface area (Å²) in [5, 5.41) is 13.0. The minimum Gasteiger partial charge on any atom is -0.396 e. The molecule has 2 rings (SSSR count). The van der Waals surface area contributed by atoms with Crippen LogP contribution in [0.5, 0.6) is 0 Å². The largest absolute Gasteiger partial charge is 0.396 e. The summed E-state index contributed by atoms with van der Waals surface area (Å²) in [4.78, 5) is 2.66. The Hall–Kier alpha value is -0.120. The molecule has 3 nitrogen and oxygen atoms in total. The molecule has 3 heteroatoms. The lowest BCUT2D eigenvalue weighted by atomic mass is 9.95. The fourth-order valence-corrected chi connectivity index (χ4v) is 3.46. The average molecular weight is 240 g/mol. The molecule has 0 aromatic rings. The van der Waals surface area contributed by atoms with E-state index in [4.69, 9.17) is 5.11 Å². The molecule has 3 unspecified atom stereocenters. The average Bonchev–Trinajstić information content (AvgIpc) is 2.72. The second-order valence-corrected chi connectivity index (χ2v) is 6.02. The Kier molecular flexibility index (Phi) is 4.83. The molecule has 2 aliphatic heterocycles. The molecule has 3 atom stereocenters. The molecule has 0 radical (unpaired) electrons. The molecule has 0 aliphatic carbocycles. The zero-order valence-electron chi connectivity index (χ0n) is 11.4. The van der Waals surface area contributed by atoms with Gasteiger partial charge in [-0.1, -0.05) is 20.3 Å². The van der Waals surface area contributed by atoms with Gasteiger partial charge in [-0.2, -0.15) is 0 Å². The van der Waals surface area contributed by atoms with Crippen molar-refractivity contribution in [3.63, 3.8) is 0 Å². The van der Waals surface area contributed by atoms with Crippen molar-refractivity contribution in [3.05, 3.63) is 0 Å². The van der Waals surface area contributed by atoms with E-state index in [-0.39, 0.29) is 0 Å². The van der Waals surface area contributed by atoms with E-state index >= 15 is 0 Å². The molecule has 100 valence electrons. The molecule has 2 saturated heterocycles. The number of piperidine rings is 1. The molecule has 2 N–H and O–H groups in total. The highest BCUT2D eigenvalue weighted by molar-refractivity contribution is 4.95. The summed E-state index contributed by atoms with van der Waals surface area (Å²) in [6, 6.07) is 1.91. The predicted octanol–water partition coefficient (Wildman–Crippen LogP) is 1.61. The van der Waals surface area contributed by atoms with Gasteiger partial charge in [-0.15, -0.1) is 0 Å². The minimum absolute atomic E-state index is 0.303. The highest BCUT2D eigenvalue weighted by Crippen LogP contribution is 2.28. The second kappa shape index (κ2) is 6.17. The Morgan fingerprint density at radius 1 is 1.24 bits per heavy atom. The number of nitrogens with zero attached hydrogens (tertiary/aromatic N) is 1. The van der Waals surface area contributed by atoms with Crippen molar-refractivity contribution in [1.29, 1.82) is 0 Å². The molecule has 2 aliphatic rings. The third-order valence-corrected chi connectivity index (χ3v) is 4.53. The van der Waals surface area contributed by atoms with Crippen LogP contribution in [0.3, 0.4) is 0 Å². The first-order valence-corrected chi connectivity index (χ1v) is 7.33. The van der Waals surface area contributed by atoms with Crippen molar-refractivity contribution in [3.8, 4) is 0 Å². The number of nitrogens with one attached hydrogen (secondary N) is 1. The van der Waals surface area contributed by atoms with Crippen LogP contribution in [0, 0.1) is 5.92 Å². The van der Waals surface area contributed by atoms with Crippen LogP contribution in [0.25, 0.3) is 0 Å². The Morgan fingerprint density at radius 2 is 2.06 bits per heavy atom. The summed E-state index contributed by atoms with van der Waals surface area (Å²) in [6.07, 6.45) is 6.32. The Balaban J connectivity index is 1.89. The molecular formula is C14H28N2O. The van der Waals surface area contributed by atoms with Gasteiger partial charge in [0.1, 0.15) is 0 Å². The zero-order chi connectivity index (χ0) is 12.3. The van der Waals surface area contributed by atoms with Gasteiger partial charge in [0.2, 0.25) is 0 Å². The van der Waals surface area contributed by atoms with Crippen LogP contribution in [-0.4, -0.2) is 47.8 Å². The lowest BCUT2D eigenvalue weighted by Gasteiger charge is -2.35. The minimum atomic E-state index is 0.303. The molecule has 0 aromatic carbocycles. The van der Waals surface area contributed by atoms with E-state index in [0.29, 0.717) is 24.6 Å². The third kappa shape index (κ3) is 3.21. The number of aliphatic hydroxyl groups excluding tert-OH is 1. The first-order valence-electron chi connectivity index (χ1n) is 7.33. The summed E-state index contributed by atoms with van der Waals surface area (Å²) in [5.41, 5.74) is 0. The fraction of sp³-hybridized carbons (Fsp3) is 1.00. The quantitative estimate of drug-likeness (QED) is 0.766. The van der Waals surface area contributed by atoms with Gasteiger partial charge in [0.05, 0.1) is 0 Å². The van der Waals surface area contributed by atoms with E-state index in [2.05, 4.69) is 24.1 Å². The molecule has 0 saturated carbocycles. The van der Waals surface area contributed by atoms with Gasteiger partial charge in [0.15, 0.2) is 0 Å². The molecule has 17 heavy (non-hydrogen) atoms. The first kappa shape index (κ1) is 13.3. The second-order valence-electron chi connectivity index (χ2n) is 6.02. The van der Waals surface area contributed by atoms with E-state index in [0.717, 1.165) is 12.5 Å². The maximum atomic E-state index is 9.14. The monoisotopic (exact) mass is 240 g/mol. The summed E-state index contributed by atoms with van der Waals surface area (Å²) in [5.74, 6) is 0.611. The zero-order valence-corrected chi connectivity index (χ0v) is 11.4. The Bertz CT molecular complexity index is 232. The van der Waals surface area contributed by atoms with Gasteiger partial charge >= 0.3 is 0 Å². The van der Waals surface area contributed by atoms with Gasteiger partial charge in [0.25, 0.3) is 0 Å². The highest BCUT2D eigenvalue weighted by Gasteiger charge is 2.36. The maximum Gasteiger partial charge on any atom is 0.0445 e. The van der Waals surface area contributed by atoms with Gasteiger partial charge in [-0.25, -0.2) is 0 Å². The van der Waals surface area contributed by atoms with Gasteiger partial charge < -0.3 is 10.4 Å². The van der Waals surface area contributed by atoms with Crippen LogP contribution >= 0.6 is 0 Å². The Morgan fingerprint density at radius 3 is 2.76 bits per heavy atom. The van der Waals surface area contributed by atoms with Crippen molar-refractivity contribution in [1.82, 2.24) is 10.2 Å². The smallest absolute Gasteiger partial charge is 0.0445 e. The molecule has 0 spiro atoms. The normalized spacial score (nSPS) is 31.8. The third-order valence-electron chi connectivity index (χ3n) is 4.53. The molecular weight excluding hydrogens is 212 g/mol. The van der Waals surface area contributed by atoms with Crippen LogP contribution in [-0.2, 0) is 0 Å². The summed E-state index contributed by atoms with van der Waals surface area (Å²) in [7, 11) is 0. The van der Waals surface area contributed by atoms with E-state index in [1.807, 2.05) is 0 Å². The van der Waals surface area contributed by atoms with Gasteiger partial charge in [-0.05, 0) is 38.1 Å². The molecule has 0 bridgehead atoms. The van der Waals surface area contributed by atoms with Crippen molar-refractivity contribution < 1.29 is 5.11 Å². The summed E-state index contributed by atoms with van der Waals surface area (Å²) >= 11 is 0. The number of aliphatic hydroxyl groups is 1. The SMILES string of the molecule is CC(C)C(CCO)NC1CCN2CCCCC12. The highest BCUT2D eigenvalue weighted by atomic mass is 16.3. The van der Waals surface area contributed by atoms with Crippen molar-refractivity contribution >= 4 is 0 Å². The van der Waals surface area contributed by atoms with Gasteiger partial charge in [-0.3, -0.25) is 4.90 Å². The van der Waals surface area contributed by atoms with Crippen LogP contribution in [0.4, 0.5) is 0 Å². The van der Waals surface area contributed by atoms with E-state index < -0.39 is 0 Å². The van der Waals surface area contributed by atoms with Crippen LogP contribution in [0.1, 0.15) is 46.0 Å².